The van der Waals surface area contributed by atoms with Crippen molar-refractivity contribution in [2.75, 3.05) is 0 Å². The third-order valence-electron chi connectivity index (χ3n) is 4.13. The van der Waals surface area contributed by atoms with Gasteiger partial charge in [-0.2, -0.15) is 0 Å². The molecule has 0 saturated heterocycles. The van der Waals surface area contributed by atoms with Crippen molar-refractivity contribution in [3.8, 4) is 22.3 Å². The zero-order valence-electron chi connectivity index (χ0n) is 11.3. The van der Waals surface area contributed by atoms with Gasteiger partial charge in [0.05, 0.1) is 22.1 Å². The standard InChI is InChI=1S/C18H8Br2N2/c19-12-5-6-14-17(18(12)20)11-8-15-10(7-16(11)22-14)9-3-1-2-4-13(9)21-15/h1-8H. The van der Waals surface area contributed by atoms with Gasteiger partial charge in [-0.05, 0) is 62.2 Å². The third kappa shape index (κ3) is 1.59. The van der Waals surface area contributed by atoms with Crippen LogP contribution in [0.3, 0.4) is 0 Å². The molecule has 3 aromatic carbocycles. The lowest BCUT2D eigenvalue weighted by molar-refractivity contribution is 1.37. The van der Waals surface area contributed by atoms with E-state index in [0.29, 0.717) is 0 Å². The summed E-state index contributed by atoms with van der Waals surface area (Å²) in [5, 5.41) is 2.04. The molecule has 3 aromatic rings. The van der Waals surface area contributed by atoms with Gasteiger partial charge in [-0.3, -0.25) is 0 Å². The molecule has 4 heteroatoms. The summed E-state index contributed by atoms with van der Waals surface area (Å²) in [5.41, 5.74) is 6.67. The van der Waals surface area contributed by atoms with E-state index in [1.165, 1.54) is 11.1 Å². The lowest BCUT2D eigenvalue weighted by Crippen LogP contribution is -2.11. The fourth-order valence-corrected chi connectivity index (χ4v) is 4.01. The largest absolute Gasteiger partial charge is 0.248 e. The third-order valence-corrected chi connectivity index (χ3v) is 6.15. The minimum atomic E-state index is 1.00. The van der Waals surface area contributed by atoms with Crippen molar-refractivity contribution < 1.29 is 0 Å². The molecule has 0 atom stereocenters. The maximum absolute atomic E-state index is 4.78. The van der Waals surface area contributed by atoms with Crippen LogP contribution in [0.4, 0.5) is 11.4 Å². The van der Waals surface area contributed by atoms with Crippen LogP contribution in [0.1, 0.15) is 0 Å². The van der Waals surface area contributed by atoms with Crippen LogP contribution in [-0.4, -0.2) is 0 Å². The predicted octanol–water partition coefficient (Wildman–Crippen LogP) is 5.08. The Kier molecular flexibility index (Phi) is 2.53. The van der Waals surface area contributed by atoms with Gasteiger partial charge in [0.25, 0.3) is 0 Å². The van der Waals surface area contributed by atoms with Crippen molar-refractivity contribution >= 4 is 43.2 Å². The monoisotopic (exact) mass is 410 g/mol. The number of hydrogen-bond donors (Lipinski definition) is 0. The summed E-state index contributed by atoms with van der Waals surface area (Å²) in [6.07, 6.45) is 0. The lowest BCUT2D eigenvalue weighted by atomic mass is 10.0. The van der Waals surface area contributed by atoms with Gasteiger partial charge in [-0.1, -0.05) is 18.2 Å². The molecular formula is C18H8Br2N2. The van der Waals surface area contributed by atoms with Crippen molar-refractivity contribution in [3.63, 3.8) is 0 Å². The van der Waals surface area contributed by atoms with Crippen molar-refractivity contribution in [3.05, 3.63) is 68.2 Å². The van der Waals surface area contributed by atoms with Crippen molar-refractivity contribution in [2.24, 2.45) is 9.98 Å². The normalized spacial score (nSPS) is 12.8. The van der Waals surface area contributed by atoms with Crippen LogP contribution in [0.25, 0.3) is 22.3 Å². The number of fused-ring (bicyclic) bond motifs is 6. The first kappa shape index (κ1) is 12.7. The van der Waals surface area contributed by atoms with Gasteiger partial charge >= 0.3 is 0 Å². The van der Waals surface area contributed by atoms with E-state index in [4.69, 9.17) is 9.98 Å². The number of hydrogen-bond acceptors (Lipinski definition) is 2. The molecule has 22 heavy (non-hydrogen) atoms. The summed E-state index contributed by atoms with van der Waals surface area (Å²) < 4.78 is 2.08. The number of halogens is 2. The van der Waals surface area contributed by atoms with Gasteiger partial charge in [0.15, 0.2) is 0 Å². The molecule has 2 aliphatic heterocycles. The Labute approximate surface area is 143 Å². The van der Waals surface area contributed by atoms with Gasteiger partial charge in [-0.15, -0.1) is 0 Å². The Morgan fingerprint density at radius 2 is 1.41 bits per heavy atom. The van der Waals surface area contributed by atoms with Crippen molar-refractivity contribution in [1.29, 1.82) is 0 Å². The molecule has 2 nitrogen and oxygen atoms in total. The van der Waals surface area contributed by atoms with Crippen LogP contribution < -0.4 is 10.7 Å². The van der Waals surface area contributed by atoms with Crippen LogP contribution in [0.2, 0.25) is 0 Å². The van der Waals surface area contributed by atoms with Crippen LogP contribution >= 0.6 is 31.9 Å². The molecule has 0 spiro atoms. The maximum Gasteiger partial charge on any atom is 0.0728 e. The first-order valence-corrected chi connectivity index (χ1v) is 8.50. The number of nitrogens with zero attached hydrogens (tertiary/aromatic N) is 2. The van der Waals surface area contributed by atoms with Gasteiger partial charge in [0.2, 0.25) is 0 Å². The molecule has 0 saturated carbocycles. The molecule has 2 heterocycles. The molecule has 0 N–H and O–H groups in total. The number of rotatable bonds is 0. The Morgan fingerprint density at radius 1 is 0.682 bits per heavy atom. The summed E-state index contributed by atoms with van der Waals surface area (Å²) in [5.74, 6) is 0. The molecule has 0 radical (unpaired) electrons. The Bertz CT molecular complexity index is 1100. The highest BCUT2D eigenvalue weighted by molar-refractivity contribution is 9.13. The van der Waals surface area contributed by atoms with E-state index in [1.807, 2.05) is 18.2 Å². The second-order valence-electron chi connectivity index (χ2n) is 5.38. The molecule has 104 valence electrons. The van der Waals surface area contributed by atoms with E-state index in [9.17, 15) is 0 Å². The number of benzene rings is 3. The first-order chi connectivity index (χ1) is 10.7. The molecule has 0 aliphatic carbocycles. The lowest BCUT2D eigenvalue weighted by Gasteiger charge is -2.05. The van der Waals surface area contributed by atoms with Gasteiger partial charge < -0.3 is 0 Å². The fraction of sp³-hybridized carbons (Fsp3) is 0. The first-order valence-electron chi connectivity index (χ1n) is 6.92. The highest BCUT2D eigenvalue weighted by atomic mass is 79.9. The molecule has 0 unspecified atom stereocenters. The zero-order chi connectivity index (χ0) is 14.8. The van der Waals surface area contributed by atoms with E-state index in [1.54, 1.807) is 0 Å². The fourth-order valence-electron chi connectivity index (χ4n) is 3.13. The van der Waals surface area contributed by atoms with Crippen molar-refractivity contribution in [2.45, 2.75) is 0 Å². The highest BCUT2D eigenvalue weighted by Gasteiger charge is 2.22. The minimum absolute atomic E-state index is 1.00. The molecular weight excluding hydrogens is 404 g/mol. The molecule has 0 aromatic heterocycles. The average molecular weight is 412 g/mol. The molecule has 0 fully saturated rings. The summed E-state index contributed by atoms with van der Waals surface area (Å²) in [6.45, 7) is 0. The quantitative estimate of drug-likeness (QED) is 0.339. The molecule has 0 bridgehead atoms. The van der Waals surface area contributed by atoms with E-state index in [-0.39, 0.29) is 0 Å². The van der Waals surface area contributed by atoms with E-state index in [2.05, 4.69) is 62.2 Å². The zero-order valence-corrected chi connectivity index (χ0v) is 14.4. The topological polar surface area (TPSA) is 24.7 Å². The summed E-state index contributed by atoms with van der Waals surface area (Å²) in [4.78, 5) is 9.52. The van der Waals surface area contributed by atoms with Crippen LogP contribution in [0, 0.1) is 0 Å². The molecule has 5 rings (SSSR count). The Hall–Kier alpha value is -1.78. The second-order valence-corrected chi connectivity index (χ2v) is 7.03. The van der Waals surface area contributed by atoms with Crippen LogP contribution in [-0.2, 0) is 0 Å². The SMILES string of the molecule is Brc1ccc2c(c1Br)-c1cc3c(cc1=N2)-c1ccccc1N=3. The van der Waals surface area contributed by atoms with Gasteiger partial charge in [-0.25, -0.2) is 9.98 Å². The predicted molar refractivity (Wildman–Crippen MR) is 94.3 cm³/mol. The van der Waals surface area contributed by atoms with E-state index < -0.39 is 0 Å². The summed E-state index contributed by atoms with van der Waals surface area (Å²) >= 11 is 7.25. The van der Waals surface area contributed by atoms with Crippen LogP contribution in [0.15, 0.2) is 67.5 Å². The van der Waals surface area contributed by atoms with E-state index in [0.717, 1.165) is 42.2 Å². The molecule has 0 amide bonds. The van der Waals surface area contributed by atoms with E-state index >= 15 is 0 Å². The number of para-hydroxylation sites is 1. The van der Waals surface area contributed by atoms with Crippen molar-refractivity contribution in [1.82, 2.24) is 0 Å². The van der Waals surface area contributed by atoms with Crippen LogP contribution in [0.5, 0.6) is 0 Å². The second kappa shape index (κ2) is 4.37. The highest BCUT2D eigenvalue weighted by Crippen LogP contribution is 2.43. The minimum Gasteiger partial charge on any atom is -0.248 e. The molecule has 2 aliphatic rings. The maximum atomic E-state index is 4.78. The summed E-state index contributed by atoms with van der Waals surface area (Å²) in [6, 6.07) is 16.6. The summed E-state index contributed by atoms with van der Waals surface area (Å²) in [7, 11) is 0. The Morgan fingerprint density at radius 3 is 2.32 bits per heavy atom. The van der Waals surface area contributed by atoms with Gasteiger partial charge in [0, 0.05) is 31.2 Å². The average Bonchev–Trinajstić information content (AvgIpc) is 3.06. The van der Waals surface area contributed by atoms with Gasteiger partial charge in [0.1, 0.15) is 0 Å². The Balaban J connectivity index is 1.86. The smallest absolute Gasteiger partial charge is 0.0728 e.